The SMILES string of the molecule is O=C(c1cccc(N=Nc2c(O)c(CONc3cccc(Br)c3)cc3ccccc23)c1)c1cccc(N=Nc2c(O)c(C(=O)Nc3cccc(Br)c3)cc3ccccc23)c1. The number of halogens is 2. The molecule has 13 heteroatoms. The molecule has 0 atom stereocenters. The second kappa shape index (κ2) is 17.8. The van der Waals surface area contributed by atoms with Crippen molar-refractivity contribution >= 4 is 99.2 Å². The van der Waals surface area contributed by atoms with Crippen molar-refractivity contribution in [1.82, 2.24) is 0 Å². The van der Waals surface area contributed by atoms with E-state index >= 15 is 0 Å². The number of amides is 1. The van der Waals surface area contributed by atoms with E-state index in [0.29, 0.717) is 49.9 Å². The van der Waals surface area contributed by atoms with Gasteiger partial charge in [0, 0.05) is 42.1 Å². The second-order valence-electron chi connectivity index (χ2n) is 13.5. The van der Waals surface area contributed by atoms with Crippen molar-refractivity contribution in [1.29, 1.82) is 0 Å². The lowest BCUT2D eigenvalue weighted by Gasteiger charge is -2.12. The van der Waals surface area contributed by atoms with Crippen LogP contribution in [-0.2, 0) is 11.4 Å². The van der Waals surface area contributed by atoms with E-state index in [-0.39, 0.29) is 40.8 Å². The number of nitrogens with zero attached hydrogens (tertiary/aromatic N) is 4. The number of hydrogen-bond donors (Lipinski definition) is 4. The monoisotopic (exact) mass is 918 g/mol. The first-order chi connectivity index (χ1) is 29.2. The highest BCUT2D eigenvalue weighted by Crippen LogP contribution is 2.41. The van der Waals surface area contributed by atoms with Crippen LogP contribution in [0, 0.1) is 0 Å². The number of phenols is 2. The number of rotatable bonds is 12. The molecule has 0 unspecified atom stereocenters. The Morgan fingerprint density at radius 3 is 1.70 bits per heavy atom. The van der Waals surface area contributed by atoms with E-state index < -0.39 is 5.91 Å². The Labute approximate surface area is 360 Å². The highest BCUT2D eigenvalue weighted by atomic mass is 79.9. The summed E-state index contributed by atoms with van der Waals surface area (Å²) in [7, 11) is 0. The van der Waals surface area contributed by atoms with Crippen LogP contribution < -0.4 is 10.8 Å². The van der Waals surface area contributed by atoms with Crippen LogP contribution in [0.4, 0.5) is 34.1 Å². The average Bonchev–Trinajstić information content (AvgIpc) is 3.26. The van der Waals surface area contributed by atoms with Gasteiger partial charge in [-0.1, -0.05) is 117 Å². The molecule has 8 aromatic rings. The highest BCUT2D eigenvalue weighted by molar-refractivity contribution is 9.10. The Morgan fingerprint density at radius 2 is 1.08 bits per heavy atom. The Bertz CT molecular complexity index is 3010. The molecule has 1 amide bonds. The van der Waals surface area contributed by atoms with Gasteiger partial charge in [0.2, 0.25) is 0 Å². The fourth-order valence-corrected chi connectivity index (χ4v) is 7.29. The third-order valence-corrected chi connectivity index (χ3v) is 10.4. The summed E-state index contributed by atoms with van der Waals surface area (Å²) in [6, 6.07) is 46.1. The number of phenolic OH excluding ortho intramolecular Hbond substituents is 2. The molecule has 0 spiro atoms. The predicted octanol–water partition coefficient (Wildman–Crippen LogP) is 13.8. The summed E-state index contributed by atoms with van der Waals surface area (Å²) in [4.78, 5) is 32.9. The quantitative estimate of drug-likeness (QED) is 0.0543. The molecule has 0 bridgehead atoms. The number of ketones is 1. The maximum Gasteiger partial charge on any atom is 0.259 e. The van der Waals surface area contributed by atoms with Crippen LogP contribution in [0.5, 0.6) is 11.5 Å². The van der Waals surface area contributed by atoms with Crippen LogP contribution >= 0.6 is 31.9 Å². The number of nitrogens with one attached hydrogen (secondary N) is 2. The summed E-state index contributed by atoms with van der Waals surface area (Å²) >= 11 is 6.85. The third-order valence-electron chi connectivity index (χ3n) is 9.39. The predicted molar refractivity (Wildman–Crippen MR) is 241 cm³/mol. The van der Waals surface area contributed by atoms with Crippen molar-refractivity contribution in [3.05, 3.63) is 189 Å². The molecule has 60 heavy (non-hydrogen) atoms. The van der Waals surface area contributed by atoms with Gasteiger partial charge in [0.05, 0.1) is 22.6 Å². The zero-order chi connectivity index (χ0) is 41.6. The van der Waals surface area contributed by atoms with Crippen molar-refractivity contribution < 1.29 is 24.6 Å². The second-order valence-corrected chi connectivity index (χ2v) is 15.3. The van der Waals surface area contributed by atoms with Gasteiger partial charge >= 0.3 is 0 Å². The van der Waals surface area contributed by atoms with Gasteiger partial charge < -0.3 is 15.5 Å². The molecule has 8 rings (SSSR count). The van der Waals surface area contributed by atoms with Crippen molar-refractivity contribution in [3.8, 4) is 11.5 Å². The molecule has 294 valence electrons. The van der Waals surface area contributed by atoms with Gasteiger partial charge in [-0.15, -0.1) is 10.2 Å². The normalized spacial score (nSPS) is 11.4. The zero-order valence-electron chi connectivity index (χ0n) is 31.4. The van der Waals surface area contributed by atoms with Gasteiger partial charge in [-0.2, -0.15) is 10.2 Å². The van der Waals surface area contributed by atoms with Crippen molar-refractivity contribution in [2.75, 3.05) is 10.8 Å². The van der Waals surface area contributed by atoms with Crippen molar-refractivity contribution in [2.45, 2.75) is 6.61 Å². The maximum atomic E-state index is 13.8. The van der Waals surface area contributed by atoms with Crippen LogP contribution in [0.2, 0.25) is 0 Å². The molecule has 0 aliphatic carbocycles. The van der Waals surface area contributed by atoms with Gasteiger partial charge in [-0.25, -0.2) is 0 Å². The first kappa shape index (κ1) is 39.8. The van der Waals surface area contributed by atoms with E-state index in [1.807, 2.05) is 72.8 Å². The van der Waals surface area contributed by atoms with E-state index in [0.717, 1.165) is 20.0 Å². The maximum absolute atomic E-state index is 13.8. The molecule has 4 N–H and O–H groups in total. The standard InChI is InChI=1S/C47H32Br2N6O5/c48-33-13-7-15-35(25-33)50-47(59)41-24-29-10-2-4-20-40(29)43(46(41)58)54-52-37-17-6-12-31(23-37)44(56)30-11-5-16-36(22-30)51-53-42-39-19-3-1-9-28(39)21-32(45(42)57)27-60-55-38-18-8-14-34(49)26-38/h1-26,55,57-58H,27H2,(H,50,59). The molecular weight excluding hydrogens is 888 g/mol. The number of benzene rings is 8. The van der Waals surface area contributed by atoms with Crippen LogP contribution in [0.3, 0.4) is 0 Å². The molecule has 11 nitrogen and oxygen atoms in total. The summed E-state index contributed by atoms with van der Waals surface area (Å²) in [5, 5.41) is 46.0. The number of hydrogen-bond acceptors (Lipinski definition) is 10. The Hall–Kier alpha value is -7.06. The summed E-state index contributed by atoms with van der Waals surface area (Å²) in [6.07, 6.45) is 0. The smallest absolute Gasteiger partial charge is 0.259 e. The van der Waals surface area contributed by atoms with Crippen LogP contribution in [-0.4, -0.2) is 21.9 Å². The topological polar surface area (TPSA) is 157 Å². The third kappa shape index (κ3) is 8.98. The largest absolute Gasteiger partial charge is 0.505 e. The van der Waals surface area contributed by atoms with Crippen LogP contribution in [0.1, 0.15) is 31.8 Å². The van der Waals surface area contributed by atoms with E-state index in [1.54, 1.807) is 84.9 Å². The van der Waals surface area contributed by atoms with E-state index in [4.69, 9.17) is 4.84 Å². The molecule has 0 radical (unpaired) electrons. The minimum atomic E-state index is -0.517. The Balaban J connectivity index is 1.03. The summed E-state index contributed by atoms with van der Waals surface area (Å²) in [5.41, 5.74) is 6.51. The Kier molecular flexibility index (Phi) is 11.8. The molecule has 0 aliphatic heterocycles. The zero-order valence-corrected chi connectivity index (χ0v) is 34.6. The van der Waals surface area contributed by atoms with E-state index in [1.165, 1.54) is 0 Å². The van der Waals surface area contributed by atoms with Crippen LogP contribution in [0.15, 0.2) is 187 Å². The fraction of sp³-hybridized carbons (Fsp3) is 0.0213. The first-order valence-electron chi connectivity index (χ1n) is 18.5. The van der Waals surface area contributed by atoms with Crippen molar-refractivity contribution in [2.24, 2.45) is 20.5 Å². The number of carbonyl (C=O) groups is 2. The molecule has 0 aliphatic rings. The molecule has 0 fully saturated rings. The molecule has 0 saturated carbocycles. The number of anilines is 2. The minimum Gasteiger partial charge on any atom is -0.505 e. The van der Waals surface area contributed by atoms with Gasteiger partial charge in [0.1, 0.15) is 23.7 Å². The number of aromatic hydroxyl groups is 2. The van der Waals surface area contributed by atoms with E-state index in [9.17, 15) is 19.8 Å². The summed E-state index contributed by atoms with van der Waals surface area (Å²) < 4.78 is 1.68. The average molecular weight is 921 g/mol. The molecule has 0 heterocycles. The van der Waals surface area contributed by atoms with Crippen molar-refractivity contribution in [3.63, 3.8) is 0 Å². The lowest BCUT2D eigenvalue weighted by atomic mass is 10.0. The van der Waals surface area contributed by atoms with E-state index in [2.05, 4.69) is 63.1 Å². The number of fused-ring (bicyclic) bond motifs is 2. The Morgan fingerprint density at radius 1 is 0.550 bits per heavy atom. The van der Waals surface area contributed by atoms with Gasteiger partial charge in [0.15, 0.2) is 11.5 Å². The van der Waals surface area contributed by atoms with Crippen LogP contribution in [0.25, 0.3) is 21.5 Å². The summed E-state index contributed by atoms with van der Waals surface area (Å²) in [5.74, 6) is -1.23. The fourth-order valence-electron chi connectivity index (χ4n) is 6.49. The molecule has 0 aromatic heterocycles. The lowest BCUT2D eigenvalue weighted by Crippen LogP contribution is -2.12. The minimum absolute atomic E-state index is 0.0264. The number of azo groups is 2. The van der Waals surface area contributed by atoms with Gasteiger partial charge in [-0.05, 0) is 83.6 Å². The van der Waals surface area contributed by atoms with Gasteiger partial charge in [-0.3, -0.25) is 19.9 Å². The number of carbonyl (C=O) groups excluding carboxylic acids is 2. The molecular formula is C47H32Br2N6O5. The first-order valence-corrected chi connectivity index (χ1v) is 20.1. The summed E-state index contributed by atoms with van der Waals surface area (Å²) in [6.45, 7) is 0.0445. The molecule has 0 saturated heterocycles. The highest BCUT2D eigenvalue weighted by Gasteiger charge is 2.19. The lowest BCUT2D eigenvalue weighted by molar-refractivity contribution is 0.102. The molecule has 8 aromatic carbocycles. The van der Waals surface area contributed by atoms with Gasteiger partial charge in [0.25, 0.3) is 5.91 Å².